The molecule has 9 heteroatoms. The first kappa shape index (κ1) is 49.5. The van der Waals surface area contributed by atoms with Crippen LogP contribution < -0.4 is 0 Å². The molecular weight excluding hydrogens is 675 g/mol. The Balaban J connectivity index is 4.05. The molecule has 1 atom stereocenters. The largest absolute Gasteiger partial charge is 0.469 e. The summed E-state index contributed by atoms with van der Waals surface area (Å²) in [4.78, 5) is 42.8. The van der Waals surface area contributed by atoms with E-state index < -0.39 is 32.5 Å². The Kier molecular flexibility index (Phi) is 36.4. The van der Waals surface area contributed by atoms with Crippen molar-refractivity contribution in [2.45, 2.75) is 174 Å². The van der Waals surface area contributed by atoms with Crippen molar-refractivity contribution in [3.63, 3.8) is 0 Å². The van der Waals surface area contributed by atoms with Crippen molar-refractivity contribution in [3.8, 4) is 0 Å². The number of hydrogen-bond donors (Lipinski definition) is 2. The Morgan fingerprint density at radius 2 is 0.865 bits per heavy atom. The summed E-state index contributed by atoms with van der Waals surface area (Å²) in [5.41, 5.74) is 0. The summed E-state index contributed by atoms with van der Waals surface area (Å²) in [6.45, 7) is 3.58. The molecule has 0 unspecified atom stereocenters. The van der Waals surface area contributed by atoms with E-state index >= 15 is 0 Å². The number of phosphoric ester groups is 1. The molecule has 0 fully saturated rings. The maximum Gasteiger partial charge on any atom is 0.469 e. The number of esters is 2. The highest BCUT2D eigenvalue weighted by atomic mass is 31.2. The normalized spacial score (nSPS) is 13.2. The molecule has 0 saturated carbocycles. The average Bonchev–Trinajstić information content (AvgIpc) is 3.11. The number of allylic oxidation sites excluding steroid dienone is 12. The molecule has 0 spiro atoms. The summed E-state index contributed by atoms with van der Waals surface area (Å²) in [6, 6.07) is 0. The molecule has 2 N–H and O–H groups in total. The quantitative estimate of drug-likeness (QED) is 0.0281. The van der Waals surface area contributed by atoms with Crippen molar-refractivity contribution in [3.05, 3.63) is 72.9 Å². The van der Waals surface area contributed by atoms with Gasteiger partial charge in [0.25, 0.3) is 0 Å². The predicted octanol–water partition coefficient (Wildman–Crippen LogP) is 12.3. The number of ether oxygens (including phenoxy) is 2. The van der Waals surface area contributed by atoms with Crippen molar-refractivity contribution in [1.82, 2.24) is 0 Å². The van der Waals surface area contributed by atoms with Crippen LogP contribution in [-0.2, 0) is 28.2 Å². The molecule has 0 aromatic carbocycles. The van der Waals surface area contributed by atoms with Crippen molar-refractivity contribution in [2.75, 3.05) is 13.2 Å². The molecule has 52 heavy (non-hydrogen) atoms. The molecular formula is C43H73O8P. The summed E-state index contributed by atoms with van der Waals surface area (Å²) in [7, 11) is -4.77. The summed E-state index contributed by atoms with van der Waals surface area (Å²) < 4.78 is 26.3. The van der Waals surface area contributed by atoms with E-state index in [0.717, 1.165) is 77.0 Å². The van der Waals surface area contributed by atoms with E-state index in [9.17, 15) is 14.2 Å². The van der Waals surface area contributed by atoms with Crippen LogP contribution in [0.5, 0.6) is 0 Å². The second-order valence-corrected chi connectivity index (χ2v) is 14.5. The van der Waals surface area contributed by atoms with Gasteiger partial charge in [0.05, 0.1) is 6.61 Å². The van der Waals surface area contributed by atoms with E-state index in [2.05, 4.69) is 91.3 Å². The van der Waals surface area contributed by atoms with Gasteiger partial charge in [-0.25, -0.2) is 4.57 Å². The van der Waals surface area contributed by atoms with Gasteiger partial charge in [-0.05, 0) is 89.9 Å². The molecule has 0 radical (unpaired) electrons. The molecule has 0 aromatic heterocycles. The molecule has 0 bridgehead atoms. The fourth-order valence-corrected chi connectivity index (χ4v) is 5.51. The molecule has 0 aliphatic heterocycles. The monoisotopic (exact) mass is 749 g/mol. The highest BCUT2D eigenvalue weighted by molar-refractivity contribution is 7.46. The molecule has 8 nitrogen and oxygen atoms in total. The molecule has 0 aliphatic carbocycles. The summed E-state index contributed by atoms with van der Waals surface area (Å²) >= 11 is 0. The maximum atomic E-state index is 12.4. The first-order valence-corrected chi connectivity index (χ1v) is 21.8. The minimum Gasteiger partial charge on any atom is -0.462 e. The lowest BCUT2D eigenvalue weighted by atomic mass is 10.1. The van der Waals surface area contributed by atoms with E-state index in [1.54, 1.807) is 0 Å². The van der Waals surface area contributed by atoms with E-state index in [4.69, 9.17) is 19.3 Å². The Labute approximate surface area is 317 Å². The standard InChI is InChI=1S/C43H73O8P/c1-3-5-7-9-11-13-15-17-19-20-21-22-24-25-27-29-31-33-35-37-42(44)49-39-41(40-50-52(46,47)48)51-43(45)38-36-34-32-30-28-26-23-18-16-14-12-10-8-6-4-2/h11-14,17-19,21-23,25,27,41H,3-10,15-16,20,24,26,28-40H2,1-2H3,(H2,46,47,48)/b13-11-,14-12-,19-17-,22-21-,23-18-,27-25-/t41-/m1/s1. The zero-order chi connectivity index (χ0) is 38.2. The fraction of sp³-hybridized carbons (Fsp3) is 0.674. The number of hydrogen-bond acceptors (Lipinski definition) is 6. The van der Waals surface area contributed by atoms with Crippen molar-refractivity contribution >= 4 is 19.8 Å². The number of phosphoric acid groups is 1. The van der Waals surface area contributed by atoms with Gasteiger partial charge >= 0.3 is 19.8 Å². The van der Waals surface area contributed by atoms with E-state index in [0.29, 0.717) is 12.8 Å². The molecule has 0 saturated heterocycles. The van der Waals surface area contributed by atoms with Crippen LogP contribution in [0.15, 0.2) is 72.9 Å². The van der Waals surface area contributed by atoms with Gasteiger partial charge in [-0.1, -0.05) is 138 Å². The molecule has 0 aromatic rings. The van der Waals surface area contributed by atoms with Crippen molar-refractivity contribution < 1.29 is 37.9 Å². The van der Waals surface area contributed by atoms with Gasteiger partial charge in [0.1, 0.15) is 6.61 Å². The van der Waals surface area contributed by atoms with Gasteiger partial charge in [0, 0.05) is 12.8 Å². The van der Waals surface area contributed by atoms with Gasteiger partial charge in [-0.3, -0.25) is 14.1 Å². The Hall–Kier alpha value is -2.51. The van der Waals surface area contributed by atoms with Gasteiger partial charge in [-0.15, -0.1) is 0 Å². The highest BCUT2D eigenvalue weighted by Gasteiger charge is 2.22. The third kappa shape index (κ3) is 40.3. The topological polar surface area (TPSA) is 119 Å². The molecule has 298 valence electrons. The van der Waals surface area contributed by atoms with Gasteiger partial charge in [0.15, 0.2) is 6.10 Å². The zero-order valence-corrected chi connectivity index (χ0v) is 33.6. The molecule has 0 aliphatic rings. The van der Waals surface area contributed by atoms with Crippen LogP contribution in [0.1, 0.15) is 168 Å². The fourth-order valence-electron chi connectivity index (χ4n) is 5.15. The lowest BCUT2D eigenvalue weighted by Crippen LogP contribution is -2.29. The van der Waals surface area contributed by atoms with Gasteiger partial charge < -0.3 is 19.3 Å². The highest BCUT2D eigenvalue weighted by Crippen LogP contribution is 2.36. The summed E-state index contributed by atoms with van der Waals surface area (Å²) in [6.07, 6.45) is 49.0. The molecule has 0 rings (SSSR count). The summed E-state index contributed by atoms with van der Waals surface area (Å²) in [5, 5.41) is 0. The third-order valence-corrected chi connectivity index (χ3v) is 8.68. The van der Waals surface area contributed by atoms with Gasteiger partial charge in [0.2, 0.25) is 0 Å². The minimum absolute atomic E-state index is 0.185. The number of unbranched alkanes of at least 4 members (excludes halogenated alkanes) is 14. The van der Waals surface area contributed by atoms with Crippen LogP contribution in [-0.4, -0.2) is 41.0 Å². The Morgan fingerprint density at radius 1 is 0.500 bits per heavy atom. The van der Waals surface area contributed by atoms with Crippen molar-refractivity contribution in [2.24, 2.45) is 0 Å². The summed E-state index contributed by atoms with van der Waals surface area (Å²) in [5.74, 6) is -0.943. The second-order valence-electron chi connectivity index (χ2n) is 13.2. The minimum atomic E-state index is -4.77. The smallest absolute Gasteiger partial charge is 0.462 e. The first-order chi connectivity index (χ1) is 25.3. The van der Waals surface area contributed by atoms with Crippen LogP contribution in [0.2, 0.25) is 0 Å². The predicted molar refractivity (Wildman–Crippen MR) is 216 cm³/mol. The number of rotatable bonds is 36. The van der Waals surface area contributed by atoms with Crippen molar-refractivity contribution in [1.29, 1.82) is 0 Å². The Morgan fingerprint density at radius 3 is 1.31 bits per heavy atom. The number of carbonyl (C=O) groups excluding carboxylic acids is 2. The van der Waals surface area contributed by atoms with Crippen LogP contribution in [0.3, 0.4) is 0 Å². The molecule has 0 heterocycles. The Bertz CT molecular complexity index is 1070. The lowest BCUT2D eigenvalue weighted by molar-refractivity contribution is -0.161. The van der Waals surface area contributed by atoms with E-state index in [1.165, 1.54) is 51.4 Å². The average molecular weight is 749 g/mol. The maximum absolute atomic E-state index is 12.4. The lowest BCUT2D eigenvalue weighted by Gasteiger charge is -2.18. The zero-order valence-electron chi connectivity index (χ0n) is 32.7. The van der Waals surface area contributed by atoms with E-state index in [1.807, 2.05) is 0 Å². The van der Waals surface area contributed by atoms with Crippen LogP contribution in [0.25, 0.3) is 0 Å². The van der Waals surface area contributed by atoms with E-state index in [-0.39, 0.29) is 19.4 Å². The SMILES string of the molecule is CCCCC/C=C\C/C=C\C/C=C\C/C=C\CCCCCC(=O)OC[C@H](COP(=O)(O)O)OC(=O)CCCCCCC/C=C\C/C=C\CCCCC. The third-order valence-electron chi connectivity index (χ3n) is 8.20. The first-order valence-electron chi connectivity index (χ1n) is 20.2. The number of carbonyl (C=O) groups is 2. The van der Waals surface area contributed by atoms with Crippen LogP contribution in [0.4, 0.5) is 0 Å². The van der Waals surface area contributed by atoms with Crippen LogP contribution in [0, 0.1) is 0 Å². The molecule has 0 amide bonds. The second kappa shape index (κ2) is 38.2. The van der Waals surface area contributed by atoms with Crippen LogP contribution >= 0.6 is 7.82 Å². The van der Waals surface area contributed by atoms with Gasteiger partial charge in [-0.2, -0.15) is 0 Å².